The van der Waals surface area contributed by atoms with Gasteiger partial charge >= 0.3 is 35.5 Å². The number of carbonyl (C=O) groups is 1. The van der Waals surface area contributed by atoms with Gasteiger partial charge < -0.3 is 18.9 Å². The molecule has 0 aliphatic heterocycles. The number of hydrogen-bond donors (Lipinski definition) is 2. The fourth-order valence-corrected chi connectivity index (χ4v) is 2.40. The summed E-state index contributed by atoms with van der Waals surface area (Å²) in [5.74, 6) is -0.948. The van der Waals surface area contributed by atoms with Crippen LogP contribution < -0.4 is 29.6 Å². The third kappa shape index (κ3) is 32.4. The van der Waals surface area contributed by atoms with Crippen molar-refractivity contribution in [1.29, 1.82) is 0 Å². The number of carbonyl (C=O) groups excluding carboxylic acids is 1. The fraction of sp³-hybridized carbons (Fsp3) is 0.938. The number of aliphatic hydroxyl groups excluding tert-OH is 2. The molecule has 25 heavy (non-hydrogen) atoms. The molecule has 9 heteroatoms. The van der Waals surface area contributed by atoms with Gasteiger partial charge in [-0.1, -0.05) is 71.1 Å². The van der Waals surface area contributed by atoms with Crippen molar-refractivity contribution < 1.29 is 61.7 Å². The predicted molar refractivity (Wildman–Crippen MR) is 91.0 cm³/mol. The van der Waals surface area contributed by atoms with Crippen LogP contribution in [0.1, 0.15) is 84.0 Å². The summed E-state index contributed by atoms with van der Waals surface area (Å²) in [4.78, 5) is 10.9. The van der Waals surface area contributed by atoms with E-state index in [1.165, 1.54) is 44.9 Å². The van der Waals surface area contributed by atoms with Crippen molar-refractivity contribution in [2.75, 3.05) is 13.2 Å². The van der Waals surface area contributed by atoms with Crippen molar-refractivity contribution in [3.63, 3.8) is 0 Å². The first-order valence-corrected chi connectivity index (χ1v) is 10.1. The zero-order chi connectivity index (χ0) is 18.7. The van der Waals surface area contributed by atoms with E-state index in [4.69, 9.17) is 10.2 Å². The van der Waals surface area contributed by atoms with Gasteiger partial charge in [-0.05, 0) is 6.42 Å². The van der Waals surface area contributed by atoms with Gasteiger partial charge in [-0.3, -0.25) is 4.79 Å². The number of rotatable bonds is 14. The van der Waals surface area contributed by atoms with E-state index in [1.807, 2.05) is 0 Å². The van der Waals surface area contributed by atoms with Gasteiger partial charge in [-0.25, -0.2) is 8.42 Å². The third-order valence-corrected chi connectivity index (χ3v) is 3.67. The minimum atomic E-state index is -4.89. The molecule has 0 bridgehead atoms. The molecule has 0 aliphatic rings. The number of aliphatic hydroxyl groups is 2. The molecular formula is C16H33NaO7S. The summed E-state index contributed by atoms with van der Waals surface area (Å²) in [6.07, 6.45) is 12.7. The van der Waals surface area contributed by atoms with Crippen molar-refractivity contribution >= 4 is 16.4 Å². The zero-order valence-corrected chi connectivity index (χ0v) is 18.6. The van der Waals surface area contributed by atoms with Gasteiger partial charge in [0.1, 0.15) is 0 Å². The maximum atomic E-state index is 10.9. The SMILES string of the molecule is CCCCCCCCCCCCCC(=O)OS(=O)(=O)[O-].OCCO.[Na+]. The van der Waals surface area contributed by atoms with Crippen LogP contribution in [0.3, 0.4) is 0 Å². The molecule has 0 saturated heterocycles. The van der Waals surface area contributed by atoms with E-state index in [0.29, 0.717) is 6.42 Å². The van der Waals surface area contributed by atoms with E-state index in [0.717, 1.165) is 19.3 Å². The molecule has 7 nitrogen and oxygen atoms in total. The van der Waals surface area contributed by atoms with E-state index in [9.17, 15) is 17.8 Å². The van der Waals surface area contributed by atoms with Gasteiger partial charge in [0.2, 0.25) is 0 Å². The average Bonchev–Trinajstić information content (AvgIpc) is 2.51. The molecule has 0 aromatic carbocycles. The molecule has 0 rings (SSSR count). The predicted octanol–water partition coefficient (Wildman–Crippen LogP) is -0.334. The summed E-state index contributed by atoms with van der Waals surface area (Å²) >= 11 is 0. The molecule has 0 aromatic heterocycles. The Bertz CT molecular complexity index is 373. The Labute approximate surface area is 174 Å². The molecule has 2 N–H and O–H groups in total. The Kier molecular flexibility index (Phi) is 26.8. The molecule has 0 aliphatic carbocycles. The van der Waals surface area contributed by atoms with Crippen LogP contribution in [0.4, 0.5) is 0 Å². The quantitative estimate of drug-likeness (QED) is 0.179. The van der Waals surface area contributed by atoms with E-state index in [2.05, 4.69) is 11.1 Å². The van der Waals surface area contributed by atoms with E-state index in [-0.39, 0.29) is 49.2 Å². The third-order valence-electron chi connectivity index (χ3n) is 3.28. The zero-order valence-electron chi connectivity index (χ0n) is 15.7. The van der Waals surface area contributed by atoms with Gasteiger partial charge in [0, 0.05) is 6.42 Å². The second-order valence-corrected chi connectivity index (χ2v) is 6.58. The Hall–Kier alpha value is 0.300. The standard InChI is InChI=1S/C14H28O5S.C2H6O2.Na/c1-2-3-4-5-6-7-8-9-10-11-12-13-14(15)19-20(16,17)18;3-1-2-4;/h2-13H2,1H3,(H,16,17,18);3-4H,1-2H2;/q;;+1/p-1. The fourth-order valence-electron chi connectivity index (χ4n) is 2.09. The van der Waals surface area contributed by atoms with Crippen molar-refractivity contribution in [2.45, 2.75) is 84.0 Å². The van der Waals surface area contributed by atoms with Crippen LogP contribution in [0.25, 0.3) is 0 Å². The van der Waals surface area contributed by atoms with Crippen LogP contribution in [-0.2, 0) is 19.4 Å². The molecule has 0 spiro atoms. The van der Waals surface area contributed by atoms with Crippen LogP contribution in [0, 0.1) is 0 Å². The van der Waals surface area contributed by atoms with Gasteiger partial charge in [0.25, 0.3) is 10.4 Å². The molecule has 0 radical (unpaired) electrons. The average molecular weight is 392 g/mol. The molecular weight excluding hydrogens is 359 g/mol. The number of unbranched alkanes of at least 4 members (excludes halogenated alkanes) is 10. The molecule has 0 heterocycles. The molecule has 0 unspecified atom stereocenters. The normalized spacial score (nSPS) is 10.4. The topological polar surface area (TPSA) is 124 Å². The van der Waals surface area contributed by atoms with Crippen LogP contribution >= 0.6 is 0 Å². The van der Waals surface area contributed by atoms with Crippen molar-refractivity contribution in [2.24, 2.45) is 0 Å². The second-order valence-electron chi connectivity index (χ2n) is 5.60. The molecule has 0 atom stereocenters. The number of hydrogen-bond acceptors (Lipinski definition) is 7. The summed E-state index contributed by atoms with van der Waals surface area (Å²) in [5.41, 5.74) is 0. The summed E-state index contributed by atoms with van der Waals surface area (Å²) < 4.78 is 34.1. The Morgan fingerprint density at radius 3 is 1.52 bits per heavy atom. The molecule has 0 fully saturated rings. The summed E-state index contributed by atoms with van der Waals surface area (Å²) in [7, 11) is -4.89. The van der Waals surface area contributed by atoms with Gasteiger partial charge in [-0.2, -0.15) is 0 Å². The van der Waals surface area contributed by atoms with Gasteiger partial charge in [0.15, 0.2) is 0 Å². The molecule has 0 saturated carbocycles. The molecule has 146 valence electrons. The Morgan fingerprint density at radius 2 is 1.20 bits per heavy atom. The summed E-state index contributed by atoms with van der Waals surface area (Å²) in [5, 5.41) is 15.2. The minimum Gasteiger partial charge on any atom is -0.716 e. The monoisotopic (exact) mass is 392 g/mol. The van der Waals surface area contributed by atoms with Crippen molar-refractivity contribution in [1.82, 2.24) is 0 Å². The van der Waals surface area contributed by atoms with Gasteiger partial charge in [-0.15, -0.1) is 0 Å². The van der Waals surface area contributed by atoms with Crippen LogP contribution in [0.5, 0.6) is 0 Å². The smallest absolute Gasteiger partial charge is 0.716 e. The van der Waals surface area contributed by atoms with Crippen LogP contribution in [-0.4, -0.2) is 42.4 Å². The summed E-state index contributed by atoms with van der Waals surface area (Å²) in [6.45, 7) is 1.96. The first kappa shape index (κ1) is 30.0. The Balaban J connectivity index is -0.000000867. The maximum absolute atomic E-state index is 10.9. The largest absolute Gasteiger partial charge is 1.00 e. The Morgan fingerprint density at radius 1 is 0.840 bits per heavy atom. The minimum absolute atomic E-state index is 0. The van der Waals surface area contributed by atoms with E-state index >= 15 is 0 Å². The van der Waals surface area contributed by atoms with E-state index in [1.54, 1.807) is 0 Å². The van der Waals surface area contributed by atoms with Crippen LogP contribution in [0.2, 0.25) is 0 Å². The first-order chi connectivity index (χ1) is 11.4. The van der Waals surface area contributed by atoms with E-state index < -0.39 is 16.4 Å². The van der Waals surface area contributed by atoms with Gasteiger partial charge in [0.05, 0.1) is 13.2 Å². The van der Waals surface area contributed by atoms with Crippen molar-refractivity contribution in [3.05, 3.63) is 0 Å². The first-order valence-electron chi connectivity index (χ1n) is 8.77. The molecule has 0 aromatic rings. The van der Waals surface area contributed by atoms with Crippen LogP contribution in [0.15, 0.2) is 0 Å². The second kappa shape index (κ2) is 22.3. The van der Waals surface area contributed by atoms with Crippen molar-refractivity contribution in [3.8, 4) is 0 Å². The maximum Gasteiger partial charge on any atom is 1.00 e. The molecule has 0 amide bonds. The summed E-state index contributed by atoms with van der Waals surface area (Å²) in [6, 6.07) is 0.